The van der Waals surface area contributed by atoms with Crippen LogP contribution in [0, 0.1) is 5.92 Å². The maximum Gasteiger partial charge on any atom is 0.0482 e. The van der Waals surface area contributed by atoms with Crippen molar-refractivity contribution in [3.8, 4) is 0 Å². The SMILES string of the molecule is CCC(N)Cc1c(C2CN3CCC2CC3)n(C)c2ccccc12. The van der Waals surface area contributed by atoms with Crippen molar-refractivity contribution in [1.29, 1.82) is 0 Å². The van der Waals surface area contributed by atoms with E-state index in [0.717, 1.165) is 18.8 Å². The van der Waals surface area contributed by atoms with Gasteiger partial charge in [-0.2, -0.15) is 0 Å². The second-order valence-electron chi connectivity index (χ2n) is 7.56. The van der Waals surface area contributed by atoms with Crippen molar-refractivity contribution in [2.24, 2.45) is 18.7 Å². The predicted molar refractivity (Wildman–Crippen MR) is 96.8 cm³/mol. The topological polar surface area (TPSA) is 34.2 Å². The Morgan fingerprint density at radius 2 is 1.96 bits per heavy atom. The van der Waals surface area contributed by atoms with Gasteiger partial charge in [0.1, 0.15) is 0 Å². The van der Waals surface area contributed by atoms with Gasteiger partial charge in [0.25, 0.3) is 0 Å². The number of piperidine rings is 3. The lowest BCUT2D eigenvalue weighted by molar-refractivity contribution is 0.0840. The average molecular weight is 311 g/mol. The molecule has 23 heavy (non-hydrogen) atoms. The summed E-state index contributed by atoms with van der Waals surface area (Å²) >= 11 is 0. The number of benzene rings is 1. The zero-order valence-corrected chi connectivity index (χ0v) is 14.5. The molecule has 2 bridgehead atoms. The molecule has 1 aromatic heterocycles. The van der Waals surface area contributed by atoms with Crippen molar-refractivity contribution >= 4 is 10.9 Å². The monoisotopic (exact) mass is 311 g/mol. The van der Waals surface area contributed by atoms with E-state index in [9.17, 15) is 0 Å². The van der Waals surface area contributed by atoms with Crippen LogP contribution in [0.3, 0.4) is 0 Å². The maximum atomic E-state index is 6.36. The van der Waals surface area contributed by atoms with Crippen LogP contribution in [0.2, 0.25) is 0 Å². The lowest BCUT2D eigenvalue weighted by Crippen LogP contribution is -2.46. The Labute approximate surface area is 139 Å². The van der Waals surface area contributed by atoms with Crippen LogP contribution in [-0.4, -0.2) is 35.1 Å². The van der Waals surface area contributed by atoms with Gasteiger partial charge >= 0.3 is 0 Å². The molecule has 0 saturated carbocycles. The minimum Gasteiger partial charge on any atom is -0.347 e. The number of hydrogen-bond donors (Lipinski definition) is 1. The molecule has 2 aromatic rings. The van der Waals surface area contributed by atoms with Gasteiger partial charge in [-0.3, -0.25) is 0 Å². The number of fused-ring (bicyclic) bond motifs is 4. The molecule has 3 saturated heterocycles. The molecular weight excluding hydrogens is 282 g/mol. The van der Waals surface area contributed by atoms with Gasteiger partial charge in [-0.25, -0.2) is 0 Å². The molecule has 0 spiro atoms. The minimum absolute atomic E-state index is 0.264. The van der Waals surface area contributed by atoms with Crippen molar-refractivity contribution in [3.63, 3.8) is 0 Å². The van der Waals surface area contributed by atoms with E-state index in [-0.39, 0.29) is 6.04 Å². The molecule has 3 heteroatoms. The van der Waals surface area contributed by atoms with Crippen LogP contribution in [0.25, 0.3) is 10.9 Å². The fraction of sp³-hybridized carbons (Fsp3) is 0.600. The van der Waals surface area contributed by atoms with Crippen LogP contribution >= 0.6 is 0 Å². The van der Waals surface area contributed by atoms with Gasteiger partial charge < -0.3 is 15.2 Å². The highest BCUT2D eigenvalue weighted by atomic mass is 15.2. The first-order valence-corrected chi connectivity index (χ1v) is 9.23. The molecule has 3 aliphatic rings. The molecule has 3 aliphatic heterocycles. The third kappa shape index (κ3) is 2.50. The number of aromatic nitrogens is 1. The fourth-order valence-corrected chi connectivity index (χ4v) is 4.86. The Morgan fingerprint density at radius 3 is 2.61 bits per heavy atom. The lowest BCUT2D eigenvalue weighted by Gasteiger charge is -2.45. The zero-order valence-electron chi connectivity index (χ0n) is 14.5. The molecule has 1 aromatic carbocycles. The molecule has 2 unspecified atom stereocenters. The second-order valence-corrected chi connectivity index (χ2v) is 7.56. The van der Waals surface area contributed by atoms with Gasteiger partial charge in [0.05, 0.1) is 0 Å². The number of aryl methyl sites for hydroxylation is 1. The Morgan fingerprint density at radius 1 is 1.22 bits per heavy atom. The molecule has 2 N–H and O–H groups in total. The Kier molecular flexibility index (Phi) is 3.94. The van der Waals surface area contributed by atoms with Crippen LogP contribution in [0.5, 0.6) is 0 Å². The molecule has 0 radical (unpaired) electrons. The summed E-state index contributed by atoms with van der Waals surface area (Å²) in [5.41, 5.74) is 10.8. The van der Waals surface area contributed by atoms with Gasteiger partial charge in [-0.1, -0.05) is 25.1 Å². The van der Waals surface area contributed by atoms with Gasteiger partial charge in [-0.05, 0) is 56.3 Å². The Hall–Kier alpha value is -1.32. The third-order valence-corrected chi connectivity index (χ3v) is 6.26. The molecule has 5 rings (SSSR count). The van der Waals surface area contributed by atoms with Gasteiger partial charge in [-0.15, -0.1) is 0 Å². The van der Waals surface area contributed by atoms with Crippen molar-refractivity contribution in [1.82, 2.24) is 9.47 Å². The maximum absolute atomic E-state index is 6.36. The number of para-hydroxylation sites is 1. The molecule has 0 amide bonds. The summed E-state index contributed by atoms with van der Waals surface area (Å²) < 4.78 is 2.47. The number of hydrogen-bond acceptors (Lipinski definition) is 2. The van der Waals surface area contributed by atoms with Gasteiger partial charge in [0.2, 0.25) is 0 Å². The molecule has 124 valence electrons. The molecule has 0 aliphatic carbocycles. The van der Waals surface area contributed by atoms with Crippen molar-refractivity contribution in [2.75, 3.05) is 19.6 Å². The summed E-state index contributed by atoms with van der Waals surface area (Å²) in [5.74, 6) is 1.55. The average Bonchev–Trinajstić information content (AvgIpc) is 2.88. The van der Waals surface area contributed by atoms with Crippen LogP contribution in [0.1, 0.15) is 43.4 Å². The van der Waals surface area contributed by atoms with E-state index in [1.165, 1.54) is 48.9 Å². The van der Waals surface area contributed by atoms with E-state index >= 15 is 0 Å². The number of nitrogens with zero attached hydrogens (tertiary/aromatic N) is 2. The summed E-state index contributed by atoms with van der Waals surface area (Å²) in [6.45, 7) is 6.04. The van der Waals surface area contributed by atoms with E-state index in [1.54, 1.807) is 5.69 Å². The van der Waals surface area contributed by atoms with Crippen LogP contribution in [0.15, 0.2) is 24.3 Å². The normalized spacial score (nSPS) is 28.4. The van der Waals surface area contributed by atoms with E-state index in [1.807, 2.05) is 0 Å². The van der Waals surface area contributed by atoms with Crippen LogP contribution in [-0.2, 0) is 13.5 Å². The van der Waals surface area contributed by atoms with Crippen LogP contribution < -0.4 is 5.73 Å². The number of rotatable bonds is 4. The standard InChI is InChI=1S/C20H29N3/c1-3-15(21)12-17-16-6-4-5-7-19(16)22(2)20(17)18-13-23-10-8-14(18)9-11-23/h4-7,14-15,18H,3,8-13,21H2,1-2H3. The Balaban J connectivity index is 1.84. The summed E-state index contributed by atoms with van der Waals surface area (Å²) in [6, 6.07) is 9.15. The summed E-state index contributed by atoms with van der Waals surface area (Å²) in [7, 11) is 2.26. The minimum atomic E-state index is 0.264. The van der Waals surface area contributed by atoms with Crippen molar-refractivity contribution < 1.29 is 0 Å². The third-order valence-electron chi connectivity index (χ3n) is 6.26. The molecule has 3 fully saturated rings. The van der Waals surface area contributed by atoms with Gasteiger partial charge in [0.15, 0.2) is 0 Å². The molecular formula is C20H29N3. The van der Waals surface area contributed by atoms with E-state index < -0.39 is 0 Å². The highest BCUT2D eigenvalue weighted by Gasteiger charge is 2.38. The highest BCUT2D eigenvalue weighted by Crippen LogP contribution is 2.42. The van der Waals surface area contributed by atoms with E-state index in [2.05, 4.69) is 47.7 Å². The summed E-state index contributed by atoms with van der Waals surface area (Å²) in [5, 5.41) is 1.42. The van der Waals surface area contributed by atoms with E-state index in [4.69, 9.17) is 5.73 Å². The largest absolute Gasteiger partial charge is 0.347 e. The first-order chi connectivity index (χ1) is 11.2. The zero-order chi connectivity index (χ0) is 16.0. The fourth-order valence-electron chi connectivity index (χ4n) is 4.86. The lowest BCUT2D eigenvalue weighted by atomic mass is 9.76. The quantitative estimate of drug-likeness (QED) is 0.940. The second kappa shape index (κ2) is 5.95. The van der Waals surface area contributed by atoms with Crippen LogP contribution in [0.4, 0.5) is 0 Å². The first kappa shape index (κ1) is 15.2. The summed E-state index contributed by atoms with van der Waals surface area (Å²) in [4.78, 5) is 2.66. The highest BCUT2D eigenvalue weighted by molar-refractivity contribution is 5.86. The predicted octanol–water partition coefficient (Wildman–Crippen LogP) is 3.27. The van der Waals surface area contributed by atoms with Crippen molar-refractivity contribution in [2.45, 2.75) is 44.6 Å². The number of nitrogens with two attached hydrogens (primary N) is 1. The molecule has 3 nitrogen and oxygen atoms in total. The van der Waals surface area contributed by atoms with Crippen molar-refractivity contribution in [3.05, 3.63) is 35.5 Å². The molecule has 2 atom stereocenters. The first-order valence-electron chi connectivity index (χ1n) is 9.23. The molecule has 4 heterocycles. The van der Waals surface area contributed by atoms with E-state index in [0.29, 0.717) is 5.92 Å². The van der Waals surface area contributed by atoms with Gasteiger partial charge in [0, 0.05) is 42.1 Å². The Bertz CT molecular complexity index is 694. The smallest absolute Gasteiger partial charge is 0.0482 e. The summed E-state index contributed by atoms with van der Waals surface area (Å²) in [6.07, 6.45) is 4.79.